The van der Waals surface area contributed by atoms with Gasteiger partial charge >= 0.3 is 6.18 Å². The van der Waals surface area contributed by atoms with Gasteiger partial charge in [-0.1, -0.05) is 23.8 Å². The highest BCUT2D eigenvalue weighted by Crippen LogP contribution is 2.28. The van der Waals surface area contributed by atoms with Crippen LogP contribution < -0.4 is 0 Å². The first-order chi connectivity index (χ1) is 9.45. The Hall–Kier alpha value is -1.88. The Labute approximate surface area is 118 Å². The van der Waals surface area contributed by atoms with Crippen LogP contribution in [-0.4, -0.2) is 9.97 Å². The molecule has 20 heavy (non-hydrogen) atoms. The summed E-state index contributed by atoms with van der Waals surface area (Å²) in [6.07, 6.45) is 1.97. The number of nitrogens with zero attached hydrogens (tertiary/aromatic N) is 2. The molecule has 0 saturated carbocycles. The van der Waals surface area contributed by atoms with E-state index in [4.69, 9.17) is 11.6 Å². The topological polar surface area (TPSA) is 25.8 Å². The van der Waals surface area contributed by atoms with Gasteiger partial charge in [0.15, 0.2) is 0 Å². The Morgan fingerprint density at radius 3 is 2.65 bits per heavy atom. The number of halogens is 4. The first kappa shape index (κ1) is 14.5. The number of hydrogen-bond acceptors (Lipinski definition) is 2. The summed E-state index contributed by atoms with van der Waals surface area (Å²) in [4.78, 5) is 7.69. The summed E-state index contributed by atoms with van der Waals surface area (Å²) < 4.78 is 37.5. The molecule has 0 bridgehead atoms. The van der Waals surface area contributed by atoms with Gasteiger partial charge in [-0.2, -0.15) is 13.2 Å². The molecule has 2 nitrogen and oxygen atoms in total. The van der Waals surface area contributed by atoms with Crippen molar-refractivity contribution >= 4 is 17.7 Å². The zero-order valence-corrected chi connectivity index (χ0v) is 10.9. The second-order valence-electron chi connectivity index (χ2n) is 3.95. The van der Waals surface area contributed by atoms with Gasteiger partial charge in [0.2, 0.25) is 0 Å². The van der Waals surface area contributed by atoms with Gasteiger partial charge in [0.05, 0.1) is 11.3 Å². The fraction of sp³-hybridized carbons (Fsp3) is 0.143. The molecule has 103 valence electrons. The van der Waals surface area contributed by atoms with E-state index >= 15 is 0 Å². The molecule has 0 spiro atoms. The van der Waals surface area contributed by atoms with E-state index in [2.05, 4.69) is 16.0 Å². The minimum absolute atomic E-state index is 0.233. The van der Waals surface area contributed by atoms with Crippen LogP contribution in [0.15, 0.2) is 36.7 Å². The molecule has 0 unspecified atom stereocenters. The van der Waals surface area contributed by atoms with Gasteiger partial charge in [0, 0.05) is 24.9 Å². The van der Waals surface area contributed by atoms with Crippen LogP contribution in [0.3, 0.4) is 0 Å². The van der Waals surface area contributed by atoms with Crippen LogP contribution in [0, 0.1) is 6.07 Å². The van der Waals surface area contributed by atoms with Crippen LogP contribution in [0.5, 0.6) is 0 Å². The van der Waals surface area contributed by atoms with Crippen LogP contribution in [0.1, 0.15) is 16.8 Å². The fourth-order valence-corrected chi connectivity index (χ4v) is 1.71. The Balaban J connectivity index is 2.08. The van der Waals surface area contributed by atoms with Gasteiger partial charge < -0.3 is 0 Å². The van der Waals surface area contributed by atoms with Gasteiger partial charge in [-0.05, 0) is 23.8 Å². The molecule has 6 heteroatoms. The summed E-state index contributed by atoms with van der Waals surface area (Å²) in [6.45, 7) is 0. The predicted octanol–water partition coefficient (Wildman–Crippen LogP) is 4.20. The number of aromatic nitrogens is 2. The van der Waals surface area contributed by atoms with E-state index in [-0.39, 0.29) is 12.1 Å². The van der Waals surface area contributed by atoms with E-state index in [1.54, 1.807) is 30.5 Å². The average molecular weight is 298 g/mol. The normalized spacial score (nSPS) is 12.0. The number of rotatable bonds is 3. The monoisotopic (exact) mass is 297 g/mol. The van der Waals surface area contributed by atoms with Crippen molar-refractivity contribution in [3.8, 4) is 0 Å². The van der Waals surface area contributed by atoms with Crippen molar-refractivity contribution in [3.05, 3.63) is 64.7 Å². The Kier molecular flexibility index (Phi) is 4.39. The minimum Gasteiger partial charge on any atom is -0.260 e. The highest BCUT2D eigenvalue weighted by Gasteiger charge is 2.30. The number of allylic oxidation sites excluding steroid dienone is 1. The molecule has 0 aliphatic carbocycles. The van der Waals surface area contributed by atoms with Crippen molar-refractivity contribution in [2.45, 2.75) is 12.6 Å². The van der Waals surface area contributed by atoms with E-state index in [9.17, 15) is 13.2 Å². The molecule has 2 aromatic rings. The van der Waals surface area contributed by atoms with Crippen LogP contribution >= 0.6 is 11.6 Å². The molecule has 0 aliphatic rings. The van der Waals surface area contributed by atoms with Crippen LogP contribution in [0.25, 0.3) is 6.08 Å². The minimum atomic E-state index is -4.40. The van der Waals surface area contributed by atoms with E-state index in [0.717, 1.165) is 17.8 Å². The van der Waals surface area contributed by atoms with Crippen molar-refractivity contribution in [3.63, 3.8) is 0 Å². The predicted molar refractivity (Wildman–Crippen MR) is 70.1 cm³/mol. The van der Waals surface area contributed by atoms with Gasteiger partial charge in [-0.3, -0.25) is 4.98 Å². The summed E-state index contributed by atoms with van der Waals surface area (Å²) in [7, 11) is 0. The SMILES string of the molecule is FC(F)(F)c1[c]c(CC=Cc2ccnc(Cl)c2)ncc1. The lowest BCUT2D eigenvalue weighted by Gasteiger charge is -2.06. The maximum Gasteiger partial charge on any atom is 0.417 e. The van der Waals surface area contributed by atoms with E-state index in [1.165, 1.54) is 0 Å². The van der Waals surface area contributed by atoms with Crippen molar-refractivity contribution in [1.29, 1.82) is 0 Å². The zero-order valence-electron chi connectivity index (χ0n) is 10.2. The molecule has 0 amide bonds. The number of pyridine rings is 2. The lowest BCUT2D eigenvalue weighted by atomic mass is 10.1. The molecule has 0 N–H and O–H groups in total. The Bertz CT molecular complexity index is 624. The molecule has 0 saturated heterocycles. The maximum atomic E-state index is 12.5. The largest absolute Gasteiger partial charge is 0.417 e. The highest BCUT2D eigenvalue weighted by atomic mass is 35.5. The molecule has 0 fully saturated rings. The smallest absolute Gasteiger partial charge is 0.260 e. The molecule has 0 aliphatic heterocycles. The van der Waals surface area contributed by atoms with Crippen molar-refractivity contribution in [2.75, 3.05) is 0 Å². The van der Waals surface area contributed by atoms with Gasteiger partial charge in [-0.25, -0.2) is 4.98 Å². The van der Waals surface area contributed by atoms with Gasteiger partial charge in [0.25, 0.3) is 0 Å². The van der Waals surface area contributed by atoms with Crippen LogP contribution in [-0.2, 0) is 12.6 Å². The summed E-state index contributed by atoms with van der Waals surface area (Å²) in [5.74, 6) is 0. The zero-order chi connectivity index (χ0) is 14.6. The first-order valence-electron chi connectivity index (χ1n) is 5.67. The lowest BCUT2D eigenvalue weighted by Crippen LogP contribution is -2.06. The molecule has 2 heterocycles. The summed E-state index contributed by atoms with van der Waals surface area (Å²) in [5, 5.41) is 0.357. The molecular weight excluding hydrogens is 289 g/mol. The standard InChI is InChI=1S/C14H9ClF3N2/c15-13-8-10(4-6-20-13)2-1-3-12-9-11(5-7-19-12)14(16,17)18/h1-2,4-8H,3H2. The quantitative estimate of drug-likeness (QED) is 0.793. The Morgan fingerprint density at radius 1 is 1.20 bits per heavy atom. The van der Waals surface area contributed by atoms with Gasteiger partial charge in [0.1, 0.15) is 5.15 Å². The number of hydrogen-bond donors (Lipinski definition) is 0. The third-order valence-corrected chi connectivity index (χ3v) is 2.63. The average Bonchev–Trinajstić information content (AvgIpc) is 2.38. The van der Waals surface area contributed by atoms with Gasteiger partial charge in [-0.15, -0.1) is 0 Å². The number of alkyl halides is 3. The summed E-state index contributed by atoms with van der Waals surface area (Å²) >= 11 is 5.72. The van der Waals surface area contributed by atoms with E-state index < -0.39 is 11.7 Å². The third kappa shape index (κ3) is 4.06. The molecule has 1 radical (unpaired) electrons. The van der Waals surface area contributed by atoms with Crippen molar-refractivity contribution in [2.24, 2.45) is 0 Å². The van der Waals surface area contributed by atoms with E-state index in [0.29, 0.717) is 5.15 Å². The Morgan fingerprint density at radius 2 is 1.95 bits per heavy atom. The van der Waals surface area contributed by atoms with Crippen molar-refractivity contribution in [1.82, 2.24) is 9.97 Å². The molecule has 0 aromatic carbocycles. The summed E-state index contributed by atoms with van der Waals surface area (Å²) in [5.41, 5.74) is 0.232. The molecule has 0 atom stereocenters. The molecule has 2 aromatic heterocycles. The highest BCUT2D eigenvalue weighted by molar-refractivity contribution is 6.29. The molecular formula is C14H9ClF3N2. The van der Waals surface area contributed by atoms with Crippen molar-refractivity contribution < 1.29 is 13.2 Å². The van der Waals surface area contributed by atoms with E-state index in [1.807, 2.05) is 0 Å². The maximum absolute atomic E-state index is 12.5. The first-order valence-corrected chi connectivity index (χ1v) is 6.05. The third-order valence-electron chi connectivity index (χ3n) is 2.43. The second-order valence-corrected chi connectivity index (χ2v) is 4.33. The fourth-order valence-electron chi connectivity index (χ4n) is 1.53. The molecule has 2 rings (SSSR count). The summed E-state index contributed by atoms with van der Waals surface area (Å²) in [6, 6.07) is 6.55. The lowest BCUT2D eigenvalue weighted by molar-refractivity contribution is -0.137. The van der Waals surface area contributed by atoms with Crippen LogP contribution in [0.4, 0.5) is 13.2 Å². The second kappa shape index (κ2) is 6.05. The van der Waals surface area contributed by atoms with Crippen LogP contribution in [0.2, 0.25) is 5.15 Å².